The van der Waals surface area contributed by atoms with Crippen LogP contribution >= 0.6 is 0 Å². The SMILES string of the molecule is C=CCCCC(O)C#CC[C@@H](COCc1ccccc1)O[Si](CC)(CC)CC. The smallest absolute Gasteiger partial charge is 0.192 e. The molecule has 2 atom stereocenters. The van der Waals surface area contributed by atoms with E-state index in [0.717, 1.165) is 36.5 Å². The first kappa shape index (κ1) is 24.7. The lowest BCUT2D eigenvalue weighted by Crippen LogP contribution is -2.41. The van der Waals surface area contributed by atoms with Gasteiger partial charge in [-0.05, 0) is 43.0 Å². The minimum Gasteiger partial charge on any atom is -0.411 e. The Bertz CT molecular complexity index is 579. The molecular formula is C24H38O3Si. The van der Waals surface area contributed by atoms with Gasteiger partial charge in [-0.1, -0.05) is 69.0 Å². The van der Waals surface area contributed by atoms with Gasteiger partial charge < -0.3 is 14.3 Å². The van der Waals surface area contributed by atoms with Crippen LogP contribution in [0, 0.1) is 11.8 Å². The highest BCUT2D eigenvalue weighted by Gasteiger charge is 2.31. The van der Waals surface area contributed by atoms with Crippen LogP contribution in [0.4, 0.5) is 0 Å². The summed E-state index contributed by atoms with van der Waals surface area (Å²) in [5.41, 5.74) is 1.16. The standard InChI is InChI=1S/C24H38O3Si/c1-5-9-11-17-23(25)18-14-19-24(27-28(6-2,7-3)8-4)21-26-20-22-15-12-10-13-16-22/h5,10,12-13,15-16,23-25H,1,6-9,11,17,19-21H2,2-4H3/t23?,24-/m0/s1. The third-order valence-corrected chi connectivity index (χ3v) is 9.95. The van der Waals surface area contributed by atoms with E-state index in [1.54, 1.807) is 0 Å². The van der Waals surface area contributed by atoms with Gasteiger partial charge in [0.25, 0.3) is 0 Å². The zero-order valence-electron chi connectivity index (χ0n) is 18.0. The first-order chi connectivity index (χ1) is 13.6. The molecule has 0 saturated carbocycles. The van der Waals surface area contributed by atoms with Crippen molar-refractivity contribution in [2.45, 2.75) is 83.4 Å². The largest absolute Gasteiger partial charge is 0.411 e. The third kappa shape index (κ3) is 9.70. The van der Waals surface area contributed by atoms with Crippen LogP contribution in [0.1, 0.15) is 52.0 Å². The number of ether oxygens (including phenoxy) is 1. The van der Waals surface area contributed by atoms with Gasteiger partial charge in [0.2, 0.25) is 0 Å². The first-order valence-electron chi connectivity index (χ1n) is 10.7. The number of rotatable bonds is 14. The average Bonchev–Trinajstić information content (AvgIpc) is 2.73. The van der Waals surface area contributed by atoms with E-state index in [1.165, 1.54) is 0 Å². The molecule has 1 aromatic carbocycles. The molecule has 1 rings (SSSR count). The van der Waals surface area contributed by atoms with Crippen molar-refractivity contribution in [3.8, 4) is 11.8 Å². The number of hydrogen-bond acceptors (Lipinski definition) is 3. The second-order valence-corrected chi connectivity index (χ2v) is 12.0. The summed E-state index contributed by atoms with van der Waals surface area (Å²) in [5.74, 6) is 6.12. The molecule has 0 aromatic heterocycles. The molecule has 0 amide bonds. The highest BCUT2D eigenvalue weighted by atomic mass is 28.4. The van der Waals surface area contributed by atoms with Crippen LogP contribution < -0.4 is 0 Å². The monoisotopic (exact) mass is 402 g/mol. The average molecular weight is 403 g/mol. The zero-order chi connectivity index (χ0) is 20.7. The molecule has 1 N–H and O–H groups in total. The molecule has 156 valence electrons. The summed E-state index contributed by atoms with van der Waals surface area (Å²) in [6.07, 6.45) is 4.37. The fourth-order valence-electron chi connectivity index (χ4n) is 3.19. The quantitative estimate of drug-likeness (QED) is 0.188. The van der Waals surface area contributed by atoms with Gasteiger partial charge >= 0.3 is 0 Å². The van der Waals surface area contributed by atoms with Crippen molar-refractivity contribution in [1.82, 2.24) is 0 Å². The van der Waals surface area contributed by atoms with Gasteiger partial charge in [-0.2, -0.15) is 0 Å². The van der Waals surface area contributed by atoms with E-state index in [0.29, 0.717) is 26.1 Å². The number of aliphatic hydroxyl groups excluding tert-OH is 1. The van der Waals surface area contributed by atoms with E-state index >= 15 is 0 Å². The van der Waals surface area contributed by atoms with Gasteiger partial charge in [0, 0.05) is 6.42 Å². The van der Waals surface area contributed by atoms with E-state index in [9.17, 15) is 5.11 Å². The molecular weight excluding hydrogens is 364 g/mol. The lowest BCUT2D eigenvalue weighted by molar-refractivity contribution is 0.0379. The molecule has 28 heavy (non-hydrogen) atoms. The van der Waals surface area contributed by atoms with Crippen molar-refractivity contribution in [3.05, 3.63) is 48.6 Å². The lowest BCUT2D eigenvalue weighted by atomic mass is 10.1. The molecule has 0 radical (unpaired) electrons. The van der Waals surface area contributed by atoms with Crippen LogP contribution in [0.15, 0.2) is 43.0 Å². The molecule has 0 spiro atoms. The van der Waals surface area contributed by atoms with Gasteiger partial charge in [0.05, 0.1) is 19.3 Å². The summed E-state index contributed by atoms with van der Waals surface area (Å²) in [6, 6.07) is 13.5. The molecule has 0 saturated heterocycles. The predicted molar refractivity (Wildman–Crippen MR) is 121 cm³/mol. The van der Waals surface area contributed by atoms with Crippen molar-refractivity contribution >= 4 is 8.32 Å². The summed E-state index contributed by atoms with van der Waals surface area (Å²) in [4.78, 5) is 0. The molecule has 4 heteroatoms. The molecule has 1 aromatic rings. The Kier molecular flexibility index (Phi) is 12.8. The van der Waals surface area contributed by atoms with Crippen LogP contribution in [-0.2, 0) is 15.8 Å². The fourth-order valence-corrected chi connectivity index (χ4v) is 6.05. The van der Waals surface area contributed by atoms with E-state index in [1.807, 2.05) is 24.3 Å². The zero-order valence-corrected chi connectivity index (χ0v) is 19.0. The van der Waals surface area contributed by atoms with Crippen molar-refractivity contribution in [2.75, 3.05) is 6.61 Å². The van der Waals surface area contributed by atoms with E-state index in [2.05, 4.69) is 51.3 Å². The van der Waals surface area contributed by atoms with E-state index < -0.39 is 14.4 Å². The second-order valence-electron chi connectivity index (χ2n) is 7.24. The van der Waals surface area contributed by atoms with Gasteiger partial charge in [0.15, 0.2) is 8.32 Å². The number of allylic oxidation sites excluding steroid dienone is 1. The summed E-state index contributed by atoms with van der Waals surface area (Å²) in [6.45, 7) is 11.5. The van der Waals surface area contributed by atoms with Gasteiger partial charge in [0.1, 0.15) is 6.10 Å². The summed E-state index contributed by atoms with van der Waals surface area (Å²) in [5, 5.41) is 10.0. The topological polar surface area (TPSA) is 38.7 Å². The molecule has 0 heterocycles. The van der Waals surface area contributed by atoms with Crippen LogP contribution in [0.2, 0.25) is 18.1 Å². The summed E-state index contributed by atoms with van der Waals surface area (Å²) in [7, 11) is -1.73. The minimum atomic E-state index is -1.73. The number of aliphatic hydroxyl groups is 1. The Balaban J connectivity index is 2.65. The van der Waals surface area contributed by atoms with Gasteiger partial charge in [-0.15, -0.1) is 6.58 Å². The highest BCUT2D eigenvalue weighted by molar-refractivity contribution is 6.73. The lowest BCUT2D eigenvalue weighted by Gasteiger charge is -2.32. The van der Waals surface area contributed by atoms with Crippen molar-refractivity contribution in [2.24, 2.45) is 0 Å². The van der Waals surface area contributed by atoms with E-state index in [-0.39, 0.29) is 6.10 Å². The van der Waals surface area contributed by atoms with Crippen molar-refractivity contribution in [3.63, 3.8) is 0 Å². The van der Waals surface area contributed by atoms with Crippen molar-refractivity contribution in [1.29, 1.82) is 0 Å². The third-order valence-electron chi connectivity index (χ3n) is 5.25. The molecule has 0 aliphatic rings. The van der Waals surface area contributed by atoms with Crippen LogP contribution in [0.5, 0.6) is 0 Å². The van der Waals surface area contributed by atoms with Crippen molar-refractivity contribution < 1.29 is 14.3 Å². The Morgan fingerprint density at radius 2 is 1.82 bits per heavy atom. The predicted octanol–water partition coefficient (Wildman–Crippen LogP) is 5.70. The number of benzene rings is 1. The van der Waals surface area contributed by atoms with Crippen LogP contribution in [0.25, 0.3) is 0 Å². The second kappa shape index (κ2) is 14.6. The normalized spacial score (nSPS) is 13.4. The van der Waals surface area contributed by atoms with E-state index in [4.69, 9.17) is 9.16 Å². The maximum atomic E-state index is 10.0. The highest BCUT2D eigenvalue weighted by Crippen LogP contribution is 2.24. The molecule has 0 fully saturated rings. The van der Waals surface area contributed by atoms with Gasteiger partial charge in [-0.3, -0.25) is 0 Å². The maximum absolute atomic E-state index is 10.0. The van der Waals surface area contributed by atoms with Crippen LogP contribution in [-0.4, -0.2) is 32.2 Å². The summed E-state index contributed by atoms with van der Waals surface area (Å²) >= 11 is 0. The Morgan fingerprint density at radius 3 is 2.43 bits per heavy atom. The molecule has 0 aliphatic heterocycles. The van der Waals surface area contributed by atoms with Crippen LogP contribution in [0.3, 0.4) is 0 Å². The first-order valence-corrected chi connectivity index (χ1v) is 13.2. The molecule has 0 aliphatic carbocycles. The minimum absolute atomic E-state index is 0.0388. The Labute approximate surface area is 173 Å². The van der Waals surface area contributed by atoms with Gasteiger partial charge in [-0.25, -0.2) is 0 Å². The maximum Gasteiger partial charge on any atom is 0.192 e. The molecule has 0 bridgehead atoms. The fraction of sp³-hybridized carbons (Fsp3) is 0.583. The number of unbranched alkanes of at least 4 members (excludes halogenated alkanes) is 1. The molecule has 3 nitrogen and oxygen atoms in total. The number of hydrogen-bond donors (Lipinski definition) is 1. The Hall–Kier alpha value is -1.38. The molecule has 1 unspecified atom stereocenters. The Morgan fingerprint density at radius 1 is 1.14 bits per heavy atom. The summed E-state index contributed by atoms with van der Waals surface area (Å²) < 4.78 is 12.6.